The fraction of sp³-hybridized carbons (Fsp3) is 0.130. The maximum Gasteiger partial charge on any atom is 0.160 e. The van der Waals surface area contributed by atoms with Crippen LogP contribution < -0.4 is 0 Å². The molecule has 9 rings (SSSR count). The molecule has 0 atom stereocenters. The summed E-state index contributed by atoms with van der Waals surface area (Å²) in [5, 5.41) is 0. The summed E-state index contributed by atoms with van der Waals surface area (Å²) in [6.07, 6.45) is 6.53. The van der Waals surface area contributed by atoms with E-state index in [9.17, 15) is 0 Å². The molecule has 0 bridgehead atoms. The van der Waals surface area contributed by atoms with Gasteiger partial charge in [0.2, 0.25) is 0 Å². The second-order valence-electron chi connectivity index (χ2n) is 13.3. The molecule has 230 valence electrons. The van der Waals surface area contributed by atoms with Crippen LogP contribution >= 0.6 is 0 Å². The topological polar surface area (TPSA) is 25.8 Å². The van der Waals surface area contributed by atoms with Crippen LogP contribution in [0.15, 0.2) is 158 Å². The number of fused-ring (bicyclic) bond motifs is 5. The Morgan fingerprint density at radius 2 is 0.833 bits per heavy atom. The van der Waals surface area contributed by atoms with Crippen LogP contribution in [0.1, 0.15) is 43.2 Å². The molecular formula is C46H36N2. The van der Waals surface area contributed by atoms with Crippen molar-refractivity contribution < 1.29 is 0 Å². The molecule has 1 heterocycles. The molecular weight excluding hydrogens is 581 g/mol. The molecule has 2 heteroatoms. The first-order chi connectivity index (χ1) is 23.7. The molecule has 0 unspecified atom stereocenters. The van der Waals surface area contributed by atoms with Gasteiger partial charge in [0, 0.05) is 22.1 Å². The summed E-state index contributed by atoms with van der Waals surface area (Å²) in [6.45, 7) is 0. The molecule has 2 nitrogen and oxygen atoms in total. The van der Waals surface area contributed by atoms with E-state index in [1.54, 1.807) is 11.1 Å². The number of nitrogens with zero attached hydrogens (tertiary/aromatic N) is 2. The minimum atomic E-state index is 0.205. The average molecular weight is 617 g/mol. The summed E-state index contributed by atoms with van der Waals surface area (Å²) in [4.78, 5) is 9.94. The van der Waals surface area contributed by atoms with Crippen molar-refractivity contribution in [2.24, 2.45) is 0 Å². The van der Waals surface area contributed by atoms with E-state index in [1.807, 2.05) is 24.3 Å². The fourth-order valence-corrected chi connectivity index (χ4v) is 8.10. The fourth-order valence-electron chi connectivity index (χ4n) is 8.10. The van der Waals surface area contributed by atoms with Crippen LogP contribution in [0, 0.1) is 0 Å². The Balaban J connectivity index is 1.01. The largest absolute Gasteiger partial charge is 0.228 e. The zero-order valence-electron chi connectivity index (χ0n) is 26.9. The van der Waals surface area contributed by atoms with Crippen molar-refractivity contribution in [2.75, 3.05) is 0 Å². The van der Waals surface area contributed by atoms with Gasteiger partial charge in [0.1, 0.15) is 0 Å². The Labute approximate surface area is 282 Å². The van der Waals surface area contributed by atoms with Gasteiger partial charge in [0.05, 0.1) is 11.4 Å². The first-order valence-electron chi connectivity index (χ1n) is 17.2. The number of rotatable bonds is 5. The minimum Gasteiger partial charge on any atom is -0.228 e. The molecule has 1 spiro atoms. The summed E-state index contributed by atoms with van der Waals surface area (Å²) in [5.41, 5.74) is 16.1. The number of hydrogen-bond donors (Lipinski definition) is 0. The number of hydrogen-bond acceptors (Lipinski definition) is 2. The predicted octanol–water partition coefficient (Wildman–Crippen LogP) is 12.0. The molecule has 0 radical (unpaired) electrons. The van der Waals surface area contributed by atoms with Gasteiger partial charge in [-0.05, 0) is 69.5 Å². The minimum absolute atomic E-state index is 0.205. The van der Waals surface area contributed by atoms with Crippen LogP contribution in [0.4, 0.5) is 0 Å². The first kappa shape index (κ1) is 28.6. The van der Waals surface area contributed by atoms with E-state index in [4.69, 9.17) is 9.97 Å². The third kappa shape index (κ3) is 4.96. The molecule has 0 amide bonds. The van der Waals surface area contributed by atoms with Gasteiger partial charge in [-0.2, -0.15) is 0 Å². The monoisotopic (exact) mass is 616 g/mol. The highest BCUT2D eigenvalue weighted by atomic mass is 14.9. The van der Waals surface area contributed by atoms with Gasteiger partial charge in [0.15, 0.2) is 5.82 Å². The summed E-state index contributed by atoms with van der Waals surface area (Å²) in [7, 11) is 0. The maximum atomic E-state index is 5.00. The molecule has 48 heavy (non-hydrogen) atoms. The summed E-state index contributed by atoms with van der Waals surface area (Å²) in [5.74, 6) is 0.732. The van der Waals surface area contributed by atoms with E-state index >= 15 is 0 Å². The Morgan fingerprint density at radius 1 is 0.354 bits per heavy atom. The van der Waals surface area contributed by atoms with E-state index < -0.39 is 0 Å². The maximum absolute atomic E-state index is 5.00. The van der Waals surface area contributed by atoms with E-state index in [0.717, 1.165) is 33.9 Å². The van der Waals surface area contributed by atoms with Crippen molar-refractivity contribution in [3.63, 3.8) is 0 Å². The zero-order chi connectivity index (χ0) is 31.9. The highest BCUT2D eigenvalue weighted by Gasteiger charge is 2.43. The molecule has 0 saturated heterocycles. The highest BCUT2D eigenvalue weighted by molar-refractivity contribution is 5.85. The van der Waals surface area contributed by atoms with Crippen molar-refractivity contribution in [3.05, 3.63) is 169 Å². The lowest BCUT2D eigenvalue weighted by molar-refractivity contribution is 0.353. The SMILES string of the molecule is c1ccc(-c2cc(-c3ccc(-c4ccc(-c5ccc6c(c5)-c5ccccc5C65CCCCC5)cc4)cc3)nc(-c3ccccc3)n2)cc1. The van der Waals surface area contributed by atoms with Crippen molar-refractivity contribution in [1.82, 2.24) is 9.97 Å². The molecule has 1 fully saturated rings. The lowest BCUT2D eigenvalue weighted by Crippen LogP contribution is -2.27. The quantitative estimate of drug-likeness (QED) is 0.192. The predicted molar refractivity (Wildman–Crippen MR) is 199 cm³/mol. The van der Waals surface area contributed by atoms with Crippen molar-refractivity contribution in [2.45, 2.75) is 37.5 Å². The summed E-state index contributed by atoms with van der Waals surface area (Å²) in [6, 6.07) is 56.8. The van der Waals surface area contributed by atoms with E-state index in [-0.39, 0.29) is 5.41 Å². The Kier molecular flexibility index (Phi) is 7.08. The molecule has 2 aliphatic rings. The van der Waals surface area contributed by atoms with Gasteiger partial charge in [0.25, 0.3) is 0 Å². The van der Waals surface area contributed by atoms with Crippen molar-refractivity contribution in [3.8, 4) is 67.3 Å². The van der Waals surface area contributed by atoms with Crippen molar-refractivity contribution in [1.29, 1.82) is 0 Å². The van der Waals surface area contributed by atoms with E-state index in [2.05, 4.69) is 133 Å². The van der Waals surface area contributed by atoms with E-state index in [0.29, 0.717) is 0 Å². The number of benzene rings is 6. The van der Waals surface area contributed by atoms with Crippen LogP contribution in [-0.4, -0.2) is 9.97 Å². The van der Waals surface area contributed by atoms with Crippen LogP contribution in [0.3, 0.4) is 0 Å². The Morgan fingerprint density at radius 3 is 1.48 bits per heavy atom. The van der Waals surface area contributed by atoms with Crippen LogP contribution in [0.2, 0.25) is 0 Å². The third-order valence-corrected chi connectivity index (χ3v) is 10.5. The van der Waals surface area contributed by atoms with Crippen LogP contribution in [0.5, 0.6) is 0 Å². The molecule has 0 aliphatic heterocycles. The average Bonchev–Trinajstić information content (AvgIpc) is 3.43. The summed E-state index contributed by atoms with van der Waals surface area (Å²) >= 11 is 0. The standard InChI is InChI=1S/C46H36N2/c1-4-12-35(13-5-1)43-31-44(48-45(47-43)37-14-6-2-7-15-37)36-24-22-33(23-25-36)32-18-20-34(21-19-32)38-26-27-42-40(30-38)39-16-8-9-17-41(39)46(42)28-10-3-11-29-46/h1-2,4-9,12-27,30-31H,3,10-11,28-29H2. The molecule has 1 saturated carbocycles. The smallest absolute Gasteiger partial charge is 0.160 e. The number of aromatic nitrogens is 2. The molecule has 0 N–H and O–H groups in total. The molecule has 7 aromatic rings. The first-order valence-corrected chi connectivity index (χ1v) is 17.2. The lowest BCUT2D eigenvalue weighted by Gasteiger charge is -2.36. The van der Waals surface area contributed by atoms with E-state index in [1.165, 1.54) is 65.5 Å². The van der Waals surface area contributed by atoms with Gasteiger partial charge < -0.3 is 0 Å². The molecule has 2 aliphatic carbocycles. The Bertz CT molecular complexity index is 2170. The summed E-state index contributed by atoms with van der Waals surface area (Å²) < 4.78 is 0. The highest BCUT2D eigenvalue weighted by Crippen LogP contribution is 2.56. The second kappa shape index (κ2) is 11.9. The molecule has 6 aromatic carbocycles. The van der Waals surface area contributed by atoms with Gasteiger partial charge in [-0.3, -0.25) is 0 Å². The van der Waals surface area contributed by atoms with Crippen LogP contribution in [0.25, 0.3) is 67.3 Å². The Hall–Kier alpha value is -5.60. The van der Waals surface area contributed by atoms with Crippen molar-refractivity contribution >= 4 is 0 Å². The zero-order valence-corrected chi connectivity index (χ0v) is 26.9. The second-order valence-corrected chi connectivity index (χ2v) is 13.3. The van der Waals surface area contributed by atoms with Crippen LogP contribution in [-0.2, 0) is 5.41 Å². The third-order valence-electron chi connectivity index (χ3n) is 10.5. The van der Waals surface area contributed by atoms with Gasteiger partial charge in [-0.1, -0.05) is 165 Å². The van der Waals surface area contributed by atoms with Gasteiger partial charge >= 0.3 is 0 Å². The van der Waals surface area contributed by atoms with Gasteiger partial charge in [-0.25, -0.2) is 9.97 Å². The van der Waals surface area contributed by atoms with Gasteiger partial charge in [-0.15, -0.1) is 0 Å². The normalized spacial score (nSPS) is 14.4. The lowest BCUT2D eigenvalue weighted by atomic mass is 9.68. The molecule has 1 aromatic heterocycles.